The van der Waals surface area contributed by atoms with Crippen molar-refractivity contribution in [2.24, 2.45) is 4.99 Å². The lowest BCUT2D eigenvalue weighted by Gasteiger charge is -2.16. The van der Waals surface area contributed by atoms with E-state index in [9.17, 15) is 0 Å². The van der Waals surface area contributed by atoms with Gasteiger partial charge < -0.3 is 10.6 Å². The average molecular weight is 239 g/mol. The third-order valence-electron chi connectivity index (χ3n) is 2.25. The van der Waals surface area contributed by atoms with E-state index in [1.807, 2.05) is 11.3 Å². The maximum absolute atomic E-state index is 4.16. The number of rotatable bonds is 4. The Labute approximate surface area is 102 Å². The van der Waals surface area contributed by atoms with Crippen LogP contribution in [0, 0.1) is 6.92 Å². The molecule has 0 aliphatic heterocycles. The Morgan fingerprint density at radius 2 is 2.25 bits per heavy atom. The van der Waals surface area contributed by atoms with E-state index in [2.05, 4.69) is 48.5 Å². The molecule has 1 unspecified atom stereocenters. The second-order valence-corrected chi connectivity index (χ2v) is 5.24. The van der Waals surface area contributed by atoms with E-state index in [0.717, 1.165) is 18.9 Å². The summed E-state index contributed by atoms with van der Waals surface area (Å²) in [5, 5.41) is 6.57. The molecule has 0 saturated heterocycles. The topological polar surface area (TPSA) is 36.4 Å². The molecule has 0 bridgehead atoms. The van der Waals surface area contributed by atoms with Crippen LogP contribution in [-0.4, -0.2) is 25.6 Å². The smallest absolute Gasteiger partial charge is 0.191 e. The predicted molar refractivity (Wildman–Crippen MR) is 72.4 cm³/mol. The Morgan fingerprint density at radius 3 is 2.75 bits per heavy atom. The van der Waals surface area contributed by atoms with Crippen LogP contribution in [0.1, 0.15) is 23.6 Å². The number of aliphatic imine (C=N–C) groups is 1. The molecule has 3 nitrogen and oxygen atoms in total. The van der Waals surface area contributed by atoms with Gasteiger partial charge in [0.15, 0.2) is 5.96 Å². The summed E-state index contributed by atoms with van der Waals surface area (Å²) in [6, 6.07) is 4.77. The minimum Gasteiger partial charge on any atom is -0.357 e. The molecule has 1 aromatic rings. The van der Waals surface area contributed by atoms with Gasteiger partial charge in [-0.15, -0.1) is 11.3 Å². The van der Waals surface area contributed by atoms with Crippen molar-refractivity contribution in [1.29, 1.82) is 0 Å². The second kappa shape index (κ2) is 6.53. The van der Waals surface area contributed by atoms with Crippen molar-refractivity contribution in [1.82, 2.24) is 10.6 Å². The minimum atomic E-state index is 0.399. The van der Waals surface area contributed by atoms with Gasteiger partial charge in [0.1, 0.15) is 0 Å². The molecule has 0 saturated carbocycles. The number of aryl methyl sites for hydroxylation is 1. The number of nitrogens with one attached hydrogen (secondary N) is 2. The first-order chi connectivity index (χ1) is 7.65. The van der Waals surface area contributed by atoms with Gasteiger partial charge in [-0.2, -0.15) is 0 Å². The van der Waals surface area contributed by atoms with Crippen molar-refractivity contribution < 1.29 is 0 Å². The lowest BCUT2D eigenvalue weighted by molar-refractivity contribution is 0.648. The lowest BCUT2D eigenvalue weighted by Crippen LogP contribution is -2.42. The molecule has 4 heteroatoms. The largest absolute Gasteiger partial charge is 0.357 e. The molecule has 1 aromatic heterocycles. The van der Waals surface area contributed by atoms with Gasteiger partial charge >= 0.3 is 0 Å². The van der Waals surface area contributed by atoms with Crippen LogP contribution in [0.5, 0.6) is 0 Å². The number of hydrogen-bond acceptors (Lipinski definition) is 2. The first-order valence-corrected chi connectivity index (χ1v) is 6.49. The Bertz CT molecular complexity index is 344. The van der Waals surface area contributed by atoms with E-state index < -0.39 is 0 Å². The highest BCUT2D eigenvalue weighted by Gasteiger charge is 2.06. The Morgan fingerprint density at radius 1 is 1.50 bits per heavy atom. The highest BCUT2D eigenvalue weighted by Crippen LogP contribution is 2.16. The van der Waals surface area contributed by atoms with Crippen molar-refractivity contribution in [3.05, 3.63) is 21.9 Å². The van der Waals surface area contributed by atoms with Crippen LogP contribution in [0.3, 0.4) is 0 Å². The average Bonchev–Trinajstić information content (AvgIpc) is 2.63. The molecule has 0 fully saturated rings. The predicted octanol–water partition coefficient (Wildman–Crippen LogP) is 2.17. The van der Waals surface area contributed by atoms with E-state index in [4.69, 9.17) is 0 Å². The monoisotopic (exact) mass is 239 g/mol. The standard InChI is InChI=1S/C12H21N3S/c1-5-14-12(13-4)15-9(2)8-11-7-6-10(3)16-11/h6-7,9H,5,8H2,1-4H3,(H2,13,14,15). The van der Waals surface area contributed by atoms with Crippen LogP contribution >= 0.6 is 11.3 Å². The van der Waals surface area contributed by atoms with Crippen molar-refractivity contribution >= 4 is 17.3 Å². The summed E-state index contributed by atoms with van der Waals surface area (Å²) in [7, 11) is 1.80. The third kappa shape index (κ3) is 4.23. The Balaban J connectivity index is 2.43. The van der Waals surface area contributed by atoms with E-state index in [1.165, 1.54) is 9.75 Å². The van der Waals surface area contributed by atoms with Gasteiger partial charge in [0.05, 0.1) is 0 Å². The lowest BCUT2D eigenvalue weighted by atomic mass is 10.2. The van der Waals surface area contributed by atoms with Gasteiger partial charge in [-0.25, -0.2) is 0 Å². The van der Waals surface area contributed by atoms with E-state index in [1.54, 1.807) is 7.05 Å². The van der Waals surface area contributed by atoms with Crippen molar-refractivity contribution in [3.8, 4) is 0 Å². The SMILES string of the molecule is CCNC(=NC)NC(C)Cc1ccc(C)s1. The van der Waals surface area contributed by atoms with E-state index in [-0.39, 0.29) is 0 Å². The number of guanidine groups is 1. The molecule has 1 atom stereocenters. The molecule has 0 radical (unpaired) electrons. The van der Waals surface area contributed by atoms with Gasteiger partial charge in [0, 0.05) is 35.8 Å². The molecule has 0 aromatic carbocycles. The van der Waals surface area contributed by atoms with Gasteiger partial charge in [-0.1, -0.05) is 0 Å². The van der Waals surface area contributed by atoms with Crippen LogP contribution in [-0.2, 0) is 6.42 Å². The molecule has 0 spiro atoms. The highest BCUT2D eigenvalue weighted by molar-refractivity contribution is 7.11. The number of thiophene rings is 1. The molecule has 2 N–H and O–H groups in total. The second-order valence-electron chi connectivity index (χ2n) is 3.86. The molecule has 90 valence electrons. The summed E-state index contributed by atoms with van der Waals surface area (Å²) in [6.07, 6.45) is 1.04. The molecular weight excluding hydrogens is 218 g/mol. The van der Waals surface area contributed by atoms with Gasteiger partial charge in [-0.05, 0) is 32.9 Å². The molecule has 1 heterocycles. The van der Waals surface area contributed by atoms with Gasteiger partial charge in [0.2, 0.25) is 0 Å². The first-order valence-electron chi connectivity index (χ1n) is 5.68. The Hall–Kier alpha value is -1.03. The van der Waals surface area contributed by atoms with Crippen LogP contribution in [0.25, 0.3) is 0 Å². The molecule has 0 aliphatic carbocycles. The summed E-state index contributed by atoms with van der Waals surface area (Å²) in [5.74, 6) is 0.878. The fraction of sp³-hybridized carbons (Fsp3) is 0.583. The summed E-state index contributed by atoms with van der Waals surface area (Å²) < 4.78 is 0. The molecular formula is C12H21N3S. The number of hydrogen-bond donors (Lipinski definition) is 2. The fourth-order valence-electron chi connectivity index (χ4n) is 1.54. The van der Waals surface area contributed by atoms with Crippen molar-refractivity contribution in [3.63, 3.8) is 0 Å². The Kier molecular flexibility index (Phi) is 5.32. The van der Waals surface area contributed by atoms with E-state index in [0.29, 0.717) is 6.04 Å². The number of nitrogens with zero attached hydrogens (tertiary/aromatic N) is 1. The molecule has 0 aliphatic rings. The van der Waals surface area contributed by atoms with E-state index >= 15 is 0 Å². The minimum absolute atomic E-state index is 0.399. The van der Waals surface area contributed by atoms with Gasteiger partial charge in [-0.3, -0.25) is 4.99 Å². The zero-order chi connectivity index (χ0) is 12.0. The van der Waals surface area contributed by atoms with Crippen LogP contribution in [0.4, 0.5) is 0 Å². The van der Waals surface area contributed by atoms with Gasteiger partial charge in [0.25, 0.3) is 0 Å². The summed E-state index contributed by atoms with van der Waals surface area (Å²) in [4.78, 5) is 6.96. The van der Waals surface area contributed by atoms with Crippen molar-refractivity contribution in [2.45, 2.75) is 33.2 Å². The summed E-state index contributed by atoms with van der Waals surface area (Å²) >= 11 is 1.86. The molecule has 16 heavy (non-hydrogen) atoms. The van der Waals surface area contributed by atoms with Crippen LogP contribution in [0.2, 0.25) is 0 Å². The maximum atomic E-state index is 4.16. The fourth-order valence-corrected chi connectivity index (χ4v) is 2.56. The zero-order valence-electron chi connectivity index (χ0n) is 10.5. The van der Waals surface area contributed by atoms with Crippen molar-refractivity contribution in [2.75, 3.05) is 13.6 Å². The summed E-state index contributed by atoms with van der Waals surface area (Å²) in [6.45, 7) is 7.28. The highest BCUT2D eigenvalue weighted by atomic mass is 32.1. The normalized spacial score (nSPS) is 13.6. The first kappa shape index (κ1) is 13.0. The van der Waals surface area contributed by atoms with Crippen LogP contribution < -0.4 is 10.6 Å². The summed E-state index contributed by atoms with van der Waals surface area (Å²) in [5.41, 5.74) is 0. The third-order valence-corrected chi connectivity index (χ3v) is 3.28. The quantitative estimate of drug-likeness (QED) is 0.624. The molecule has 0 amide bonds. The van der Waals surface area contributed by atoms with Crippen LogP contribution in [0.15, 0.2) is 17.1 Å². The maximum Gasteiger partial charge on any atom is 0.191 e. The zero-order valence-corrected chi connectivity index (χ0v) is 11.3. The molecule has 1 rings (SSSR count).